The molecule has 1 heterocycles. The Kier molecular flexibility index (Phi) is 7.31. The molecule has 0 radical (unpaired) electrons. The zero-order valence-electron chi connectivity index (χ0n) is 17.1. The minimum Gasteiger partial charge on any atom is -0.360 e. The van der Waals surface area contributed by atoms with Crippen molar-refractivity contribution < 1.29 is 4.79 Å². The summed E-state index contributed by atoms with van der Waals surface area (Å²) in [4.78, 5) is 23.9. The molecular formula is C22H30N4OS. The molecule has 0 saturated heterocycles. The first-order chi connectivity index (χ1) is 13.6. The lowest BCUT2D eigenvalue weighted by atomic mass is 10.1. The van der Waals surface area contributed by atoms with E-state index in [4.69, 9.17) is 4.98 Å². The summed E-state index contributed by atoms with van der Waals surface area (Å²) in [5.41, 5.74) is 2.90. The van der Waals surface area contributed by atoms with Crippen LogP contribution in [0.1, 0.15) is 54.7 Å². The second-order valence-corrected chi connectivity index (χ2v) is 8.36. The Labute approximate surface area is 172 Å². The van der Waals surface area contributed by atoms with Gasteiger partial charge < -0.3 is 10.2 Å². The summed E-state index contributed by atoms with van der Waals surface area (Å²) < 4.78 is 0. The van der Waals surface area contributed by atoms with E-state index < -0.39 is 0 Å². The third-order valence-corrected chi connectivity index (χ3v) is 5.78. The molecule has 1 aliphatic rings. The van der Waals surface area contributed by atoms with Gasteiger partial charge in [0.25, 0.3) is 5.91 Å². The first-order valence-electron chi connectivity index (χ1n) is 10.2. The van der Waals surface area contributed by atoms with Crippen LogP contribution < -0.4 is 10.2 Å². The third-order valence-electron chi connectivity index (χ3n) is 4.86. The molecule has 2 aromatic rings. The number of aromatic nitrogens is 2. The first kappa shape index (κ1) is 20.6. The van der Waals surface area contributed by atoms with Crippen LogP contribution in [0.15, 0.2) is 35.5 Å². The van der Waals surface area contributed by atoms with Crippen molar-refractivity contribution >= 4 is 23.5 Å². The maximum atomic E-state index is 12.3. The fourth-order valence-corrected chi connectivity index (χ4v) is 3.78. The Morgan fingerprint density at radius 3 is 2.79 bits per heavy atom. The largest absolute Gasteiger partial charge is 0.360 e. The summed E-state index contributed by atoms with van der Waals surface area (Å²) in [6.45, 7) is 6.05. The monoisotopic (exact) mass is 398 g/mol. The molecule has 1 aromatic carbocycles. The van der Waals surface area contributed by atoms with Gasteiger partial charge in [0.1, 0.15) is 5.82 Å². The van der Waals surface area contributed by atoms with Gasteiger partial charge in [0.05, 0.1) is 0 Å². The van der Waals surface area contributed by atoms with Gasteiger partial charge in [-0.1, -0.05) is 37.7 Å². The molecule has 0 bridgehead atoms. The van der Waals surface area contributed by atoms with E-state index >= 15 is 0 Å². The smallest absolute Gasteiger partial charge is 0.251 e. The number of rotatable bonds is 10. The van der Waals surface area contributed by atoms with Gasteiger partial charge in [-0.3, -0.25) is 4.79 Å². The van der Waals surface area contributed by atoms with E-state index in [0.29, 0.717) is 5.92 Å². The van der Waals surface area contributed by atoms with Gasteiger partial charge in [0.15, 0.2) is 5.16 Å². The zero-order chi connectivity index (χ0) is 19.9. The Hall–Kier alpha value is -2.08. The summed E-state index contributed by atoms with van der Waals surface area (Å²) in [6.07, 6.45) is 4.45. The zero-order valence-corrected chi connectivity index (χ0v) is 17.9. The molecule has 0 unspecified atom stereocenters. The predicted molar refractivity (Wildman–Crippen MR) is 116 cm³/mol. The summed E-state index contributed by atoms with van der Waals surface area (Å²) >= 11 is 1.62. The summed E-state index contributed by atoms with van der Waals surface area (Å²) in [5, 5.41) is 3.83. The molecule has 0 atom stereocenters. The molecule has 0 spiro atoms. The lowest BCUT2D eigenvalue weighted by Gasteiger charge is -2.18. The molecule has 28 heavy (non-hydrogen) atoms. The molecule has 6 heteroatoms. The van der Waals surface area contributed by atoms with Crippen LogP contribution in [0.25, 0.3) is 0 Å². The Balaban J connectivity index is 1.65. The van der Waals surface area contributed by atoms with Crippen LogP contribution in [0.4, 0.5) is 5.82 Å². The van der Waals surface area contributed by atoms with E-state index in [2.05, 4.69) is 48.2 Å². The molecule has 1 N–H and O–H groups in total. The fourth-order valence-electron chi connectivity index (χ4n) is 2.96. The van der Waals surface area contributed by atoms with E-state index in [0.717, 1.165) is 59.5 Å². The average molecular weight is 399 g/mol. The molecule has 1 amide bonds. The van der Waals surface area contributed by atoms with Gasteiger partial charge in [-0.15, -0.1) is 0 Å². The van der Waals surface area contributed by atoms with E-state index in [-0.39, 0.29) is 5.91 Å². The molecule has 1 fully saturated rings. The SMILES string of the molecule is CCCN(C)c1cc(CC)nc(SCc2cccc(C(=O)NCC3CC3)c2)n1. The highest BCUT2D eigenvalue weighted by molar-refractivity contribution is 7.98. The average Bonchev–Trinajstić information content (AvgIpc) is 3.55. The Bertz CT molecular complexity index is 807. The molecular weight excluding hydrogens is 368 g/mol. The van der Waals surface area contributed by atoms with Gasteiger partial charge in [0.2, 0.25) is 0 Å². The van der Waals surface area contributed by atoms with Gasteiger partial charge >= 0.3 is 0 Å². The van der Waals surface area contributed by atoms with Crippen molar-refractivity contribution in [1.29, 1.82) is 0 Å². The highest BCUT2D eigenvalue weighted by Crippen LogP contribution is 2.28. The van der Waals surface area contributed by atoms with E-state index in [1.807, 2.05) is 18.2 Å². The van der Waals surface area contributed by atoms with Crippen molar-refractivity contribution in [3.63, 3.8) is 0 Å². The van der Waals surface area contributed by atoms with Gasteiger partial charge in [-0.05, 0) is 49.3 Å². The topological polar surface area (TPSA) is 58.1 Å². The second-order valence-electron chi connectivity index (χ2n) is 7.42. The second kappa shape index (κ2) is 9.92. The van der Waals surface area contributed by atoms with E-state index in [9.17, 15) is 4.79 Å². The van der Waals surface area contributed by atoms with Crippen LogP contribution in [-0.2, 0) is 12.2 Å². The van der Waals surface area contributed by atoms with Crippen molar-refractivity contribution in [1.82, 2.24) is 15.3 Å². The number of carbonyl (C=O) groups is 1. The Morgan fingerprint density at radius 2 is 2.07 bits per heavy atom. The molecule has 1 aliphatic carbocycles. The van der Waals surface area contributed by atoms with E-state index in [1.54, 1.807) is 11.8 Å². The quantitative estimate of drug-likeness (QED) is 0.477. The minimum absolute atomic E-state index is 0.0199. The van der Waals surface area contributed by atoms with Crippen molar-refractivity contribution in [2.75, 3.05) is 25.0 Å². The number of amides is 1. The lowest BCUT2D eigenvalue weighted by Crippen LogP contribution is -2.25. The number of hydrogen-bond acceptors (Lipinski definition) is 5. The van der Waals surface area contributed by atoms with Crippen LogP contribution in [-0.4, -0.2) is 36.0 Å². The van der Waals surface area contributed by atoms with Crippen molar-refractivity contribution in [2.45, 2.75) is 50.4 Å². The van der Waals surface area contributed by atoms with Gasteiger partial charge in [0, 0.05) is 43.2 Å². The molecule has 0 aliphatic heterocycles. The maximum absolute atomic E-state index is 12.3. The number of benzene rings is 1. The maximum Gasteiger partial charge on any atom is 0.251 e. The number of aryl methyl sites for hydroxylation is 1. The Morgan fingerprint density at radius 1 is 1.25 bits per heavy atom. The number of anilines is 1. The predicted octanol–water partition coefficient (Wildman–Crippen LogP) is 4.32. The summed E-state index contributed by atoms with van der Waals surface area (Å²) in [7, 11) is 2.07. The number of nitrogens with one attached hydrogen (secondary N) is 1. The normalized spacial score (nSPS) is 13.4. The van der Waals surface area contributed by atoms with Crippen molar-refractivity contribution in [3.05, 3.63) is 47.2 Å². The van der Waals surface area contributed by atoms with Gasteiger partial charge in [-0.25, -0.2) is 9.97 Å². The van der Waals surface area contributed by atoms with Crippen LogP contribution >= 0.6 is 11.8 Å². The molecule has 1 saturated carbocycles. The standard InChI is InChI=1S/C22H30N4OS/c1-4-11-26(3)20-13-19(5-2)24-22(25-20)28-15-17-7-6-8-18(12-17)21(27)23-14-16-9-10-16/h6-8,12-13,16H,4-5,9-11,14-15H2,1-3H3,(H,23,27). The molecule has 1 aromatic heterocycles. The summed E-state index contributed by atoms with van der Waals surface area (Å²) in [5.74, 6) is 2.43. The molecule has 3 rings (SSSR count). The van der Waals surface area contributed by atoms with Crippen LogP contribution in [0.2, 0.25) is 0 Å². The number of carbonyl (C=O) groups excluding carboxylic acids is 1. The van der Waals surface area contributed by atoms with Crippen molar-refractivity contribution in [3.8, 4) is 0 Å². The number of nitrogens with zero attached hydrogens (tertiary/aromatic N) is 3. The lowest BCUT2D eigenvalue weighted by molar-refractivity contribution is 0.0951. The van der Waals surface area contributed by atoms with Gasteiger partial charge in [-0.2, -0.15) is 0 Å². The van der Waals surface area contributed by atoms with E-state index in [1.165, 1.54) is 12.8 Å². The summed E-state index contributed by atoms with van der Waals surface area (Å²) in [6, 6.07) is 9.93. The molecule has 150 valence electrons. The fraction of sp³-hybridized carbons (Fsp3) is 0.500. The van der Waals surface area contributed by atoms with Crippen LogP contribution in [0.5, 0.6) is 0 Å². The van der Waals surface area contributed by atoms with Crippen LogP contribution in [0.3, 0.4) is 0 Å². The molecule has 5 nitrogen and oxygen atoms in total. The third kappa shape index (κ3) is 5.96. The minimum atomic E-state index is 0.0199. The van der Waals surface area contributed by atoms with Crippen molar-refractivity contribution in [2.24, 2.45) is 5.92 Å². The first-order valence-corrected chi connectivity index (χ1v) is 11.2. The number of thioether (sulfide) groups is 1. The highest BCUT2D eigenvalue weighted by Gasteiger charge is 2.21. The number of hydrogen-bond donors (Lipinski definition) is 1. The van der Waals surface area contributed by atoms with Crippen LogP contribution in [0, 0.1) is 5.92 Å². The highest BCUT2D eigenvalue weighted by atomic mass is 32.2.